The third-order valence-electron chi connectivity index (χ3n) is 4.49. The number of anilines is 1. The minimum atomic E-state index is -3.69. The van der Waals surface area contributed by atoms with Gasteiger partial charge in [0.05, 0.1) is 16.9 Å². The molecule has 0 aliphatic carbocycles. The molecule has 6 nitrogen and oxygen atoms in total. The van der Waals surface area contributed by atoms with Gasteiger partial charge in [-0.3, -0.25) is 9.78 Å². The van der Waals surface area contributed by atoms with Crippen LogP contribution in [0.25, 0.3) is 6.08 Å². The highest BCUT2D eigenvalue weighted by Crippen LogP contribution is 2.30. The van der Waals surface area contributed by atoms with Crippen LogP contribution in [0.4, 0.5) is 5.69 Å². The second kappa shape index (κ2) is 8.92. The molecule has 1 aromatic heterocycles. The number of benzene rings is 2. The Morgan fingerprint density at radius 3 is 2.27 bits per heavy atom. The van der Waals surface area contributed by atoms with E-state index in [1.54, 1.807) is 55.9 Å². The van der Waals surface area contributed by atoms with Crippen molar-refractivity contribution >= 4 is 27.5 Å². The van der Waals surface area contributed by atoms with Crippen LogP contribution >= 0.6 is 0 Å². The second-order valence-electron chi connectivity index (χ2n) is 6.73. The summed E-state index contributed by atoms with van der Waals surface area (Å²) in [4.78, 5) is 16.4. The summed E-state index contributed by atoms with van der Waals surface area (Å²) in [7, 11) is -2.13. The van der Waals surface area contributed by atoms with E-state index >= 15 is 0 Å². The summed E-state index contributed by atoms with van der Waals surface area (Å²) in [6.45, 7) is 3.62. The maximum atomic E-state index is 13.0. The highest BCUT2D eigenvalue weighted by Gasteiger charge is 2.20. The van der Waals surface area contributed by atoms with Crippen molar-refractivity contribution in [2.45, 2.75) is 23.6 Å². The van der Waals surface area contributed by atoms with Gasteiger partial charge in [0.25, 0.3) is 0 Å². The van der Waals surface area contributed by atoms with E-state index in [-0.39, 0.29) is 15.7 Å². The number of nitrogens with zero attached hydrogens (tertiary/aromatic N) is 1. The Bertz CT molecular complexity index is 1160. The van der Waals surface area contributed by atoms with Gasteiger partial charge in [0.15, 0.2) is 0 Å². The molecule has 7 heteroatoms. The molecule has 0 atom stereocenters. The number of hydrogen-bond acceptors (Lipinski definition) is 5. The number of amides is 1. The van der Waals surface area contributed by atoms with Gasteiger partial charge in [-0.25, -0.2) is 8.42 Å². The van der Waals surface area contributed by atoms with Crippen molar-refractivity contribution in [2.75, 3.05) is 12.4 Å². The Hall–Kier alpha value is -3.45. The van der Waals surface area contributed by atoms with Gasteiger partial charge >= 0.3 is 0 Å². The zero-order valence-corrected chi connectivity index (χ0v) is 17.7. The first-order valence-electron chi connectivity index (χ1n) is 9.21. The van der Waals surface area contributed by atoms with Crippen molar-refractivity contribution in [3.8, 4) is 5.75 Å². The average Bonchev–Trinajstić information content (AvgIpc) is 2.73. The summed E-state index contributed by atoms with van der Waals surface area (Å²) < 4.78 is 31.3. The maximum Gasteiger partial charge on any atom is 0.248 e. The lowest BCUT2D eigenvalue weighted by atomic mass is 10.1. The van der Waals surface area contributed by atoms with Crippen LogP contribution in [-0.2, 0) is 14.6 Å². The first kappa shape index (κ1) is 21.3. The molecule has 0 unspecified atom stereocenters. The van der Waals surface area contributed by atoms with E-state index in [4.69, 9.17) is 4.74 Å². The molecule has 0 saturated heterocycles. The first-order chi connectivity index (χ1) is 14.3. The van der Waals surface area contributed by atoms with Gasteiger partial charge in [0.2, 0.25) is 15.7 Å². The topological polar surface area (TPSA) is 85.4 Å². The smallest absolute Gasteiger partial charge is 0.248 e. The lowest BCUT2D eigenvalue weighted by Crippen LogP contribution is -2.08. The molecule has 0 aliphatic heterocycles. The first-order valence-corrected chi connectivity index (χ1v) is 10.7. The number of aryl methyl sites for hydroxylation is 2. The van der Waals surface area contributed by atoms with Gasteiger partial charge in [0, 0.05) is 24.2 Å². The number of carbonyl (C=O) groups is 1. The molecule has 0 saturated carbocycles. The molecular weight excluding hydrogens is 400 g/mol. The van der Waals surface area contributed by atoms with E-state index in [1.807, 2.05) is 19.9 Å². The van der Waals surface area contributed by atoms with E-state index in [1.165, 1.54) is 18.2 Å². The number of sulfone groups is 1. The summed E-state index contributed by atoms with van der Waals surface area (Å²) in [5, 5.41) is 2.71. The van der Waals surface area contributed by atoms with Crippen molar-refractivity contribution in [2.24, 2.45) is 0 Å². The Labute approximate surface area is 176 Å². The lowest BCUT2D eigenvalue weighted by molar-refractivity contribution is -0.111. The fraction of sp³-hybridized carbons (Fsp3) is 0.130. The van der Waals surface area contributed by atoms with Gasteiger partial charge in [-0.1, -0.05) is 6.07 Å². The molecule has 1 N–H and O–H groups in total. The predicted octanol–water partition coefficient (Wildman–Crippen LogP) is 4.19. The summed E-state index contributed by atoms with van der Waals surface area (Å²) in [6, 6.07) is 12.9. The highest BCUT2D eigenvalue weighted by atomic mass is 32.2. The van der Waals surface area contributed by atoms with Crippen molar-refractivity contribution in [1.82, 2.24) is 4.98 Å². The van der Waals surface area contributed by atoms with E-state index in [2.05, 4.69) is 10.3 Å². The van der Waals surface area contributed by atoms with Crippen LogP contribution in [0.3, 0.4) is 0 Å². The molecule has 2 aromatic carbocycles. The number of nitrogens with one attached hydrogen (secondary N) is 1. The average molecular weight is 423 g/mol. The summed E-state index contributed by atoms with van der Waals surface area (Å²) in [5.41, 5.74) is 2.80. The zero-order valence-electron chi connectivity index (χ0n) is 16.9. The highest BCUT2D eigenvalue weighted by molar-refractivity contribution is 7.91. The molecule has 0 radical (unpaired) electrons. The van der Waals surface area contributed by atoms with Crippen LogP contribution in [-0.4, -0.2) is 26.4 Å². The predicted molar refractivity (Wildman–Crippen MR) is 116 cm³/mol. The maximum absolute atomic E-state index is 13.0. The van der Waals surface area contributed by atoms with E-state index in [0.29, 0.717) is 11.4 Å². The van der Waals surface area contributed by atoms with E-state index in [0.717, 1.165) is 16.7 Å². The molecule has 0 bridgehead atoms. The Kier molecular flexibility index (Phi) is 6.32. The van der Waals surface area contributed by atoms with Crippen LogP contribution in [0.1, 0.15) is 16.7 Å². The van der Waals surface area contributed by atoms with Crippen molar-refractivity contribution in [3.63, 3.8) is 0 Å². The molecule has 30 heavy (non-hydrogen) atoms. The standard InChI is InChI=1S/C23H22N2O4S/c1-16-13-21(14-17(2)23(16)29-3)30(27,28)20-9-7-19(8-10-20)25-22(26)11-6-18-5-4-12-24-15-18/h4-15H,1-3H3,(H,25,26)/b11-6+. The van der Waals surface area contributed by atoms with Crippen molar-refractivity contribution in [3.05, 3.63) is 83.7 Å². The number of aromatic nitrogens is 1. The summed E-state index contributed by atoms with van der Waals surface area (Å²) in [6.07, 6.45) is 6.34. The normalized spacial score (nSPS) is 11.4. The van der Waals surface area contributed by atoms with Crippen molar-refractivity contribution in [1.29, 1.82) is 0 Å². The van der Waals surface area contributed by atoms with Crippen LogP contribution in [0.15, 0.2) is 76.8 Å². The summed E-state index contributed by atoms with van der Waals surface area (Å²) in [5.74, 6) is 0.349. The van der Waals surface area contributed by atoms with Crippen LogP contribution in [0, 0.1) is 13.8 Å². The quantitative estimate of drug-likeness (QED) is 0.602. The Morgan fingerprint density at radius 2 is 1.70 bits per heavy atom. The van der Waals surface area contributed by atoms with Gasteiger partial charge in [-0.2, -0.15) is 0 Å². The molecule has 1 heterocycles. The number of ether oxygens (including phenoxy) is 1. The molecule has 0 spiro atoms. The SMILES string of the molecule is COc1c(C)cc(S(=O)(=O)c2ccc(NC(=O)/C=C/c3cccnc3)cc2)cc1C. The van der Waals surface area contributed by atoms with Crippen LogP contribution < -0.4 is 10.1 Å². The minimum absolute atomic E-state index is 0.148. The number of methoxy groups -OCH3 is 1. The number of pyridine rings is 1. The number of hydrogen-bond donors (Lipinski definition) is 1. The third kappa shape index (κ3) is 4.75. The molecular formula is C23H22N2O4S. The van der Waals surface area contributed by atoms with E-state index < -0.39 is 9.84 Å². The summed E-state index contributed by atoms with van der Waals surface area (Å²) >= 11 is 0. The molecule has 1 amide bonds. The zero-order chi connectivity index (χ0) is 21.7. The largest absolute Gasteiger partial charge is 0.496 e. The molecule has 3 aromatic rings. The number of rotatable bonds is 6. The Morgan fingerprint density at radius 1 is 1.03 bits per heavy atom. The fourth-order valence-corrected chi connectivity index (χ4v) is 4.50. The van der Waals surface area contributed by atoms with E-state index in [9.17, 15) is 13.2 Å². The monoisotopic (exact) mass is 422 g/mol. The molecule has 0 aliphatic rings. The van der Waals surface area contributed by atoms with Gasteiger partial charge in [-0.15, -0.1) is 0 Å². The van der Waals surface area contributed by atoms with Crippen LogP contribution in [0.2, 0.25) is 0 Å². The fourth-order valence-electron chi connectivity index (χ4n) is 3.07. The third-order valence-corrected chi connectivity index (χ3v) is 6.24. The lowest BCUT2D eigenvalue weighted by Gasteiger charge is -2.12. The Balaban J connectivity index is 1.76. The van der Waals surface area contributed by atoms with Gasteiger partial charge in [0.1, 0.15) is 5.75 Å². The molecule has 154 valence electrons. The minimum Gasteiger partial charge on any atom is -0.496 e. The van der Waals surface area contributed by atoms with Crippen LogP contribution in [0.5, 0.6) is 5.75 Å². The van der Waals surface area contributed by atoms with Gasteiger partial charge in [-0.05, 0) is 79.1 Å². The molecule has 3 rings (SSSR count). The van der Waals surface area contributed by atoms with Gasteiger partial charge < -0.3 is 10.1 Å². The number of carbonyl (C=O) groups excluding carboxylic acids is 1. The molecule has 0 fully saturated rings. The second-order valence-corrected chi connectivity index (χ2v) is 8.68. The van der Waals surface area contributed by atoms with Crippen molar-refractivity contribution < 1.29 is 17.9 Å².